The molecule has 0 saturated heterocycles. The van der Waals surface area contributed by atoms with E-state index in [2.05, 4.69) is 5.32 Å². The lowest BCUT2D eigenvalue weighted by Crippen LogP contribution is -2.52. The first-order valence-corrected chi connectivity index (χ1v) is 6.30. The minimum absolute atomic E-state index is 0.476. The molecule has 0 saturated carbocycles. The van der Waals surface area contributed by atoms with Gasteiger partial charge in [-0.2, -0.15) is 0 Å². The summed E-state index contributed by atoms with van der Waals surface area (Å²) in [6.45, 7) is 5.24. The SMILES string of the molecule is CCOc1ccccc1NC(=O)N(C)C(C)(C)C(=O)O. The Morgan fingerprint density at radius 2 is 1.95 bits per heavy atom. The van der Waals surface area contributed by atoms with Gasteiger partial charge >= 0.3 is 12.0 Å². The van der Waals surface area contributed by atoms with Crippen molar-refractivity contribution in [2.75, 3.05) is 19.0 Å². The van der Waals surface area contributed by atoms with Gasteiger partial charge < -0.3 is 20.1 Å². The highest BCUT2D eigenvalue weighted by Gasteiger charge is 2.35. The molecule has 1 aromatic rings. The Morgan fingerprint density at radius 1 is 1.35 bits per heavy atom. The Kier molecular flexibility index (Phi) is 4.96. The smallest absolute Gasteiger partial charge is 0.329 e. The largest absolute Gasteiger partial charge is 0.492 e. The number of nitrogens with one attached hydrogen (secondary N) is 1. The van der Waals surface area contributed by atoms with Gasteiger partial charge in [0.2, 0.25) is 0 Å². The zero-order chi connectivity index (χ0) is 15.3. The molecule has 0 bridgehead atoms. The maximum absolute atomic E-state index is 12.1. The molecule has 6 heteroatoms. The van der Waals surface area contributed by atoms with E-state index in [1.165, 1.54) is 20.9 Å². The molecule has 6 nitrogen and oxygen atoms in total. The van der Waals surface area contributed by atoms with E-state index in [1.54, 1.807) is 24.3 Å². The molecule has 0 heterocycles. The van der Waals surface area contributed by atoms with E-state index < -0.39 is 17.5 Å². The Bertz CT molecular complexity index is 500. The third-order valence-electron chi connectivity index (χ3n) is 3.10. The number of benzene rings is 1. The van der Waals surface area contributed by atoms with E-state index >= 15 is 0 Å². The Labute approximate surface area is 118 Å². The van der Waals surface area contributed by atoms with Crippen LogP contribution in [0.15, 0.2) is 24.3 Å². The highest BCUT2D eigenvalue weighted by atomic mass is 16.5. The van der Waals surface area contributed by atoms with Crippen molar-refractivity contribution in [1.82, 2.24) is 4.90 Å². The standard InChI is InChI=1S/C14H20N2O4/c1-5-20-11-9-7-6-8-10(11)15-13(19)16(4)14(2,3)12(17)18/h6-9H,5H2,1-4H3,(H,15,19)(H,17,18). The highest BCUT2D eigenvalue weighted by Crippen LogP contribution is 2.24. The van der Waals surface area contributed by atoms with Gasteiger partial charge in [0.05, 0.1) is 12.3 Å². The number of carbonyl (C=O) groups excluding carboxylic acids is 1. The molecule has 0 aromatic heterocycles. The fourth-order valence-corrected chi connectivity index (χ4v) is 1.45. The van der Waals surface area contributed by atoms with Crippen LogP contribution in [0.4, 0.5) is 10.5 Å². The average molecular weight is 280 g/mol. The molecule has 0 fully saturated rings. The summed E-state index contributed by atoms with van der Waals surface area (Å²) in [6.07, 6.45) is 0. The van der Waals surface area contributed by atoms with Crippen LogP contribution in [-0.4, -0.2) is 41.2 Å². The van der Waals surface area contributed by atoms with Gasteiger partial charge in [-0.1, -0.05) is 12.1 Å². The lowest BCUT2D eigenvalue weighted by atomic mass is 10.1. The molecule has 0 spiro atoms. The van der Waals surface area contributed by atoms with Crippen LogP contribution in [0, 0.1) is 0 Å². The van der Waals surface area contributed by atoms with Gasteiger partial charge in [0.15, 0.2) is 0 Å². The second-order valence-electron chi connectivity index (χ2n) is 4.78. The van der Waals surface area contributed by atoms with Gasteiger partial charge in [-0.25, -0.2) is 9.59 Å². The van der Waals surface area contributed by atoms with Crippen molar-refractivity contribution in [3.8, 4) is 5.75 Å². The van der Waals surface area contributed by atoms with Crippen LogP contribution in [0.5, 0.6) is 5.75 Å². The molecule has 0 radical (unpaired) electrons. The van der Waals surface area contributed by atoms with Crippen LogP contribution >= 0.6 is 0 Å². The fraction of sp³-hybridized carbons (Fsp3) is 0.429. The minimum Gasteiger partial charge on any atom is -0.492 e. The van der Waals surface area contributed by atoms with E-state index in [0.29, 0.717) is 18.0 Å². The van der Waals surface area contributed by atoms with Gasteiger partial charge in [0, 0.05) is 7.05 Å². The van der Waals surface area contributed by atoms with Crippen LogP contribution in [-0.2, 0) is 4.79 Å². The number of hydrogen-bond donors (Lipinski definition) is 2. The van der Waals surface area contributed by atoms with E-state index in [-0.39, 0.29) is 0 Å². The first-order valence-electron chi connectivity index (χ1n) is 6.30. The third-order valence-corrected chi connectivity index (χ3v) is 3.10. The molecule has 0 aliphatic carbocycles. The number of para-hydroxylation sites is 2. The number of aliphatic carboxylic acids is 1. The molecule has 0 unspecified atom stereocenters. The first-order chi connectivity index (χ1) is 9.30. The van der Waals surface area contributed by atoms with Crippen LogP contribution in [0.25, 0.3) is 0 Å². The van der Waals surface area contributed by atoms with Crippen LogP contribution < -0.4 is 10.1 Å². The van der Waals surface area contributed by atoms with Gasteiger partial charge in [-0.15, -0.1) is 0 Å². The van der Waals surface area contributed by atoms with Gasteiger partial charge in [0.25, 0.3) is 0 Å². The Balaban J connectivity index is 2.88. The van der Waals surface area contributed by atoms with E-state index in [1.807, 2.05) is 6.92 Å². The molecule has 2 N–H and O–H groups in total. The van der Waals surface area contributed by atoms with Crippen molar-refractivity contribution < 1.29 is 19.4 Å². The molecular formula is C14H20N2O4. The topological polar surface area (TPSA) is 78.9 Å². The predicted molar refractivity (Wildman–Crippen MR) is 76.1 cm³/mol. The van der Waals surface area contributed by atoms with Crippen LogP contribution in [0.1, 0.15) is 20.8 Å². The quantitative estimate of drug-likeness (QED) is 0.868. The zero-order valence-corrected chi connectivity index (χ0v) is 12.1. The number of carbonyl (C=O) groups is 2. The monoisotopic (exact) mass is 280 g/mol. The normalized spacial score (nSPS) is 10.8. The number of amides is 2. The molecule has 1 rings (SSSR count). The molecule has 110 valence electrons. The number of ether oxygens (including phenoxy) is 1. The van der Waals surface area contributed by atoms with Gasteiger partial charge in [-0.05, 0) is 32.9 Å². The number of hydrogen-bond acceptors (Lipinski definition) is 3. The Hall–Kier alpha value is -2.24. The number of urea groups is 1. The summed E-state index contributed by atoms with van der Waals surface area (Å²) >= 11 is 0. The highest BCUT2D eigenvalue weighted by molar-refractivity contribution is 5.94. The number of nitrogens with zero attached hydrogens (tertiary/aromatic N) is 1. The van der Waals surface area contributed by atoms with Gasteiger partial charge in [0.1, 0.15) is 11.3 Å². The first kappa shape index (κ1) is 15.8. The number of carboxylic acids is 1. The maximum Gasteiger partial charge on any atom is 0.329 e. The van der Waals surface area contributed by atoms with E-state index in [4.69, 9.17) is 9.84 Å². The fourth-order valence-electron chi connectivity index (χ4n) is 1.45. The van der Waals surface area contributed by atoms with Crippen molar-refractivity contribution in [2.24, 2.45) is 0 Å². The lowest BCUT2D eigenvalue weighted by molar-refractivity contribution is -0.146. The van der Waals surface area contributed by atoms with Crippen molar-refractivity contribution in [1.29, 1.82) is 0 Å². The number of anilines is 1. The molecule has 0 atom stereocenters. The van der Waals surface area contributed by atoms with Crippen LogP contribution in [0.2, 0.25) is 0 Å². The predicted octanol–water partition coefficient (Wildman–Crippen LogP) is 2.41. The molecule has 0 aliphatic heterocycles. The third kappa shape index (κ3) is 3.40. The average Bonchev–Trinajstić information content (AvgIpc) is 2.40. The Morgan fingerprint density at radius 3 is 2.50 bits per heavy atom. The van der Waals surface area contributed by atoms with Crippen LogP contribution in [0.3, 0.4) is 0 Å². The number of carboxylic acid groups (broad SMARTS) is 1. The number of rotatable bonds is 5. The second-order valence-corrected chi connectivity index (χ2v) is 4.78. The lowest BCUT2D eigenvalue weighted by Gasteiger charge is -2.31. The molecular weight excluding hydrogens is 260 g/mol. The summed E-state index contributed by atoms with van der Waals surface area (Å²) in [6, 6.07) is 6.49. The van der Waals surface area contributed by atoms with Gasteiger partial charge in [-0.3, -0.25) is 0 Å². The zero-order valence-electron chi connectivity index (χ0n) is 12.1. The molecule has 2 amide bonds. The summed E-state index contributed by atoms with van der Waals surface area (Å²) in [7, 11) is 1.44. The molecule has 1 aromatic carbocycles. The van der Waals surface area contributed by atoms with E-state index in [0.717, 1.165) is 4.90 Å². The van der Waals surface area contributed by atoms with E-state index in [9.17, 15) is 9.59 Å². The maximum atomic E-state index is 12.1. The van der Waals surface area contributed by atoms with Crippen molar-refractivity contribution >= 4 is 17.7 Å². The van der Waals surface area contributed by atoms with Crippen molar-refractivity contribution in [3.05, 3.63) is 24.3 Å². The summed E-state index contributed by atoms with van der Waals surface area (Å²) in [5, 5.41) is 11.8. The summed E-state index contributed by atoms with van der Waals surface area (Å²) < 4.78 is 5.40. The summed E-state index contributed by atoms with van der Waals surface area (Å²) in [5.74, 6) is -0.530. The summed E-state index contributed by atoms with van der Waals surface area (Å²) in [4.78, 5) is 24.4. The molecule has 0 aliphatic rings. The van der Waals surface area contributed by atoms with Crippen molar-refractivity contribution in [3.63, 3.8) is 0 Å². The molecule has 20 heavy (non-hydrogen) atoms. The summed E-state index contributed by atoms with van der Waals surface area (Å²) in [5.41, 5.74) is -0.794. The second kappa shape index (κ2) is 6.27. The number of likely N-dealkylation sites (N-methyl/N-ethyl adjacent to an activating group) is 1. The van der Waals surface area contributed by atoms with Crippen molar-refractivity contribution in [2.45, 2.75) is 26.3 Å². The minimum atomic E-state index is -1.30.